The third-order valence-electron chi connectivity index (χ3n) is 6.45. The molecular weight excluding hydrogens is 421 g/mol. The zero-order chi connectivity index (χ0) is 22.4. The van der Waals surface area contributed by atoms with Crippen LogP contribution < -0.4 is 14.2 Å². The molecule has 33 heavy (non-hydrogen) atoms. The number of fused-ring (bicyclic) bond motifs is 4. The number of aromatic nitrogens is 2. The maximum atomic E-state index is 13.8. The first kappa shape index (κ1) is 20.1. The van der Waals surface area contributed by atoms with Crippen LogP contribution in [0.5, 0.6) is 17.2 Å². The lowest BCUT2D eigenvalue weighted by atomic mass is 9.98. The Kier molecular flexibility index (Phi) is 4.91. The van der Waals surface area contributed by atoms with Gasteiger partial charge in [-0.1, -0.05) is 6.08 Å². The van der Waals surface area contributed by atoms with Gasteiger partial charge in [-0.3, -0.25) is 9.88 Å². The first-order valence-electron chi connectivity index (χ1n) is 11.1. The smallest absolute Gasteiger partial charge is 0.171 e. The number of hydrogen-bond donors (Lipinski definition) is 1. The van der Waals surface area contributed by atoms with Crippen molar-refractivity contribution in [3.05, 3.63) is 66.2 Å². The Labute approximate surface area is 190 Å². The van der Waals surface area contributed by atoms with Gasteiger partial charge in [0.05, 0.1) is 7.11 Å². The molecule has 0 spiro atoms. The second-order valence-corrected chi connectivity index (χ2v) is 8.49. The molecule has 2 aliphatic heterocycles. The quantitative estimate of drug-likeness (QED) is 0.489. The van der Waals surface area contributed by atoms with Crippen molar-refractivity contribution in [3.63, 3.8) is 0 Å². The highest BCUT2D eigenvalue weighted by Gasteiger charge is 2.27. The van der Waals surface area contributed by atoms with Crippen LogP contribution in [0.25, 0.3) is 27.4 Å². The van der Waals surface area contributed by atoms with Crippen LogP contribution in [0, 0.1) is 5.82 Å². The lowest BCUT2D eigenvalue weighted by Gasteiger charge is -2.33. The summed E-state index contributed by atoms with van der Waals surface area (Å²) in [6, 6.07) is 10.6. The van der Waals surface area contributed by atoms with Gasteiger partial charge < -0.3 is 19.2 Å². The number of rotatable bonds is 4. The minimum absolute atomic E-state index is 0.0774. The third-order valence-corrected chi connectivity index (χ3v) is 6.45. The van der Waals surface area contributed by atoms with E-state index in [-0.39, 0.29) is 11.9 Å². The lowest BCUT2D eigenvalue weighted by molar-refractivity contribution is 0.0630. The molecule has 6 rings (SSSR count). The fraction of sp³-hybridized carbons (Fsp3) is 0.269. The van der Waals surface area contributed by atoms with Crippen LogP contribution in [-0.4, -0.2) is 54.3 Å². The van der Waals surface area contributed by atoms with Crippen LogP contribution in [0.1, 0.15) is 12.0 Å². The minimum atomic E-state index is -0.212. The van der Waals surface area contributed by atoms with Gasteiger partial charge in [-0.05, 0) is 42.3 Å². The molecular formula is C26H24FN3O3. The number of hydrogen-bond acceptors (Lipinski definition) is 5. The van der Waals surface area contributed by atoms with Gasteiger partial charge in [0, 0.05) is 59.9 Å². The minimum Gasteiger partial charge on any atom is -0.494 e. The monoisotopic (exact) mass is 445 g/mol. The lowest BCUT2D eigenvalue weighted by Crippen LogP contribution is -2.42. The molecule has 0 radical (unpaired) electrons. The second kappa shape index (κ2) is 8.08. The molecule has 168 valence electrons. The molecule has 1 unspecified atom stereocenters. The second-order valence-electron chi connectivity index (χ2n) is 8.49. The van der Waals surface area contributed by atoms with Gasteiger partial charge >= 0.3 is 0 Å². The Balaban J connectivity index is 1.18. The van der Waals surface area contributed by atoms with Gasteiger partial charge in [-0.25, -0.2) is 4.39 Å². The van der Waals surface area contributed by atoms with Crippen molar-refractivity contribution in [2.75, 3.05) is 33.4 Å². The van der Waals surface area contributed by atoms with E-state index in [1.807, 2.05) is 24.4 Å². The Morgan fingerprint density at radius 2 is 2.18 bits per heavy atom. The number of ether oxygens (including phenoxy) is 3. The molecule has 0 aliphatic carbocycles. The van der Waals surface area contributed by atoms with E-state index in [0.717, 1.165) is 59.2 Å². The predicted molar refractivity (Wildman–Crippen MR) is 125 cm³/mol. The van der Waals surface area contributed by atoms with Crippen molar-refractivity contribution in [2.24, 2.45) is 0 Å². The van der Waals surface area contributed by atoms with E-state index < -0.39 is 0 Å². The van der Waals surface area contributed by atoms with Crippen molar-refractivity contribution in [1.82, 2.24) is 14.9 Å². The fourth-order valence-corrected chi connectivity index (χ4v) is 4.80. The van der Waals surface area contributed by atoms with Gasteiger partial charge in [-0.15, -0.1) is 0 Å². The Morgan fingerprint density at radius 1 is 1.24 bits per heavy atom. The van der Waals surface area contributed by atoms with Crippen LogP contribution >= 0.6 is 0 Å². The highest BCUT2D eigenvalue weighted by atomic mass is 19.1. The maximum absolute atomic E-state index is 13.8. The van der Waals surface area contributed by atoms with Crippen LogP contribution in [0.15, 0.2) is 54.9 Å². The molecule has 0 amide bonds. The number of methoxy groups -OCH3 is 1. The number of nitrogens with zero attached hydrogens (tertiary/aromatic N) is 2. The summed E-state index contributed by atoms with van der Waals surface area (Å²) in [7, 11) is 1.63. The van der Waals surface area contributed by atoms with E-state index >= 15 is 0 Å². The Bertz CT molecular complexity index is 1380. The summed E-state index contributed by atoms with van der Waals surface area (Å²) in [5.74, 6) is 1.88. The van der Waals surface area contributed by atoms with Gasteiger partial charge in [0.25, 0.3) is 0 Å². The molecule has 0 fully saturated rings. The third kappa shape index (κ3) is 3.58. The summed E-state index contributed by atoms with van der Waals surface area (Å²) >= 11 is 0. The SMILES string of the molecule is COc1cc2c(c3cccnc13)OC(CN1CC=C(c3c[nH]c4ccc(F)cc34)CC1)CO2. The summed E-state index contributed by atoms with van der Waals surface area (Å²) in [4.78, 5) is 10.1. The maximum Gasteiger partial charge on any atom is 0.171 e. The topological polar surface area (TPSA) is 59.6 Å². The molecule has 2 aliphatic rings. The van der Waals surface area contributed by atoms with E-state index in [9.17, 15) is 4.39 Å². The average molecular weight is 445 g/mol. The van der Waals surface area contributed by atoms with Gasteiger partial charge in [-0.2, -0.15) is 0 Å². The summed E-state index contributed by atoms with van der Waals surface area (Å²) in [6.07, 6.45) is 6.79. The number of pyridine rings is 1. The predicted octanol–water partition coefficient (Wildman–Crippen LogP) is 4.79. The molecule has 1 atom stereocenters. The fourth-order valence-electron chi connectivity index (χ4n) is 4.80. The van der Waals surface area contributed by atoms with E-state index in [1.54, 1.807) is 25.4 Å². The Morgan fingerprint density at radius 3 is 3.03 bits per heavy atom. The normalized spacial score (nSPS) is 18.5. The molecule has 0 saturated heterocycles. The van der Waals surface area contributed by atoms with Crippen LogP contribution in [-0.2, 0) is 0 Å². The molecule has 2 aromatic carbocycles. The van der Waals surface area contributed by atoms with Gasteiger partial charge in [0.1, 0.15) is 29.8 Å². The summed E-state index contributed by atoms with van der Waals surface area (Å²) in [5.41, 5.74) is 4.06. The van der Waals surface area contributed by atoms with Crippen LogP contribution in [0.4, 0.5) is 4.39 Å². The molecule has 2 aromatic heterocycles. The average Bonchev–Trinajstić information content (AvgIpc) is 3.27. The molecule has 1 N–H and O–H groups in total. The van der Waals surface area contributed by atoms with Crippen molar-refractivity contribution in [2.45, 2.75) is 12.5 Å². The highest BCUT2D eigenvalue weighted by molar-refractivity contribution is 5.93. The van der Waals surface area contributed by atoms with Crippen LogP contribution in [0.3, 0.4) is 0 Å². The summed E-state index contributed by atoms with van der Waals surface area (Å²) in [5, 5.41) is 1.83. The Hall–Kier alpha value is -3.58. The number of H-pyrrole nitrogens is 1. The van der Waals surface area contributed by atoms with E-state index in [0.29, 0.717) is 18.1 Å². The number of benzene rings is 2. The zero-order valence-electron chi connectivity index (χ0n) is 18.3. The van der Waals surface area contributed by atoms with Crippen molar-refractivity contribution in [1.29, 1.82) is 0 Å². The van der Waals surface area contributed by atoms with Crippen molar-refractivity contribution < 1.29 is 18.6 Å². The number of aromatic amines is 1. The molecule has 0 saturated carbocycles. The van der Waals surface area contributed by atoms with E-state index in [4.69, 9.17) is 14.2 Å². The van der Waals surface area contributed by atoms with Crippen LogP contribution in [0.2, 0.25) is 0 Å². The number of halogens is 1. The molecule has 0 bridgehead atoms. The first-order chi connectivity index (χ1) is 16.2. The summed E-state index contributed by atoms with van der Waals surface area (Å²) in [6.45, 7) is 2.97. The van der Waals surface area contributed by atoms with Gasteiger partial charge in [0.15, 0.2) is 11.5 Å². The summed E-state index contributed by atoms with van der Waals surface area (Å²) < 4.78 is 31.7. The largest absolute Gasteiger partial charge is 0.494 e. The first-order valence-corrected chi connectivity index (χ1v) is 11.1. The van der Waals surface area contributed by atoms with E-state index in [2.05, 4.69) is 20.9 Å². The molecule has 7 heteroatoms. The number of nitrogens with one attached hydrogen (secondary N) is 1. The molecule has 4 heterocycles. The zero-order valence-corrected chi connectivity index (χ0v) is 18.3. The molecule has 6 nitrogen and oxygen atoms in total. The van der Waals surface area contributed by atoms with Crippen molar-refractivity contribution in [3.8, 4) is 17.2 Å². The van der Waals surface area contributed by atoms with Crippen molar-refractivity contribution >= 4 is 27.4 Å². The highest BCUT2D eigenvalue weighted by Crippen LogP contribution is 2.43. The molecule has 4 aromatic rings. The standard InChI is InChI=1S/C26H24FN3O3/c1-31-23-12-24-26(19-3-2-8-28-25(19)23)33-18(15-32-24)14-30-9-6-16(7-10-30)21-13-29-22-5-4-17(27)11-20(21)22/h2-6,8,11-13,18,29H,7,9-10,14-15H2,1H3. The van der Waals surface area contributed by atoms with Gasteiger partial charge in [0.2, 0.25) is 0 Å². The van der Waals surface area contributed by atoms with E-state index in [1.165, 1.54) is 11.6 Å².